The second kappa shape index (κ2) is 7.11. The number of halogens is 2. The topological polar surface area (TPSA) is 42.0 Å². The molecule has 0 atom stereocenters. The molecule has 3 nitrogen and oxygen atoms in total. The predicted octanol–water partition coefficient (Wildman–Crippen LogP) is 4.84. The van der Waals surface area contributed by atoms with Gasteiger partial charge in [0.2, 0.25) is 0 Å². The SMILES string of the molecule is Cc1nc(-c2ccc(CNC(=O)c3ccc(F)cc3Cl)cc2)cs1. The number of benzene rings is 2. The third kappa shape index (κ3) is 3.80. The third-order valence-corrected chi connectivity index (χ3v) is 4.58. The van der Waals surface area contributed by atoms with Gasteiger partial charge in [-0.25, -0.2) is 9.37 Å². The van der Waals surface area contributed by atoms with Gasteiger partial charge in [0.25, 0.3) is 5.91 Å². The number of carbonyl (C=O) groups excluding carboxylic acids is 1. The number of rotatable bonds is 4. The van der Waals surface area contributed by atoms with Crippen LogP contribution in [-0.4, -0.2) is 10.9 Å². The van der Waals surface area contributed by atoms with Crippen LogP contribution in [-0.2, 0) is 6.54 Å². The Bertz CT molecular complexity index is 877. The summed E-state index contributed by atoms with van der Waals surface area (Å²) in [6.07, 6.45) is 0. The Morgan fingerprint density at radius 1 is 1.25 bits per heavy atom. The van der Waals surface area contributed by atoms with Gasteiger partial charge >= 0.3 is 0 Å². The van der Waals surface area contributed by atoms with Crippen LogP contribution in [0, 0.1) is 12.7 Å². The van der Waals surface area contributed by atoms with Crippen molar-refractivity contribution in [1.29, 1.82) is 0 Å². The minimum absolute atomic E-state index is 0.0988. The van der Waals surface area contributed by atoms with Crippen molar-refractivity contribution in [2.75, 3.05) is 0 Å². The molecule has 122 valence electrons. The molecule has 2 aromatic carbocycles. The lowest BCUT2D eigenvalue weighted by molar-refractivity contribution is 0.0951. The molecule has 3 aromatic rings. The number of hydrogen-bond donors (Lipinski definition) is 1. The summed E-state index contributed by atoms with van der Waals surface area (Å²) >= 11 is 7.50. The molecule has 0 saturated carbocycles. The lowest BCUT2D eigenvalue weighted by atomic mass is 10.1. The van der Waals surface area contributed by atoms with E-state index in [0.717, 1.165) is 27.9 Å². The van der Waals surface area contributed by atoms with E-state index < -0.39 is 5.82 Å². The first-order chi connectivity index (χ1) is 11.5. The first kappa shape index (κ1) is 16.6. The summed E-state index contributed by atoms with van der Waals surface area (Å²) in [6.45, 7) is 2.33. The number of aryl methyl sites for hydroxylation is 1. The van der Waals surface area contributed by atoms with E-state index in [1.165, 1.54) is 12.1 Å². The van der Waals surface area contributed by atoms with Gasteiger partial charge in [0.05, 0.1) is 21.3 Å². The Labute approximate surface area is 148 Å². The van der Waals surface area contributed by atoms with E-state index in [9.17, 15) is 9.18 Å². The van der Waals surface area contributed by atoms with Crippen molar-refractivity contribution in [1.82, 2.24) is 10.3 Å². The number of hydrogen-bond acceptors (Lipinski definition) is 3. The lowest BCUT2D eigenvalue weighted by Crippen LogP contribution is -2.23. The molecule has 0 saturated heterocycles. The minimum Gasteiger partial charge on any atom is -0.348 e. The van der Waals surface area contributed by atoms with Crippen molar-refractivity contribution >= 4 is 28.8 Å². The second-order valence-electron chi connectivity index (χ2n) is 5.26. The monoisotopic (exact) mass is 360 g/mol. The van der Waals surface area contributed by atoms with Crippen molar-refractivity contribution in [3.8, 4) is 11.3 Å². The van der Waals surface area contributed by atoms with E-state index >= 15 is 0 Å². The van der Waals surface area contributed by atoms with E-state index in [0.29, 0.717) is 6.54 Å². The van der Waals surface area contributed by atoms with E-state index in [-0.39, 0.29) is 16.5 Å². The van der Waals surface area contributed by atoms with Gasteiger partial charge in [-0.3, -0.25) is 4.79 Å². The highest BCUT2D eigenvalue weighted by Crippen LogP contribution is 2.22. The quantitative estimate of drug-likeness (QED) is 0.723. The molecule has 1 heterocycles. The summed E-state index contributed by atoms with van der Waals surface area (Å²) in [4.78, 5) is 16.6. The van der Waals surface area contributed by atoms with Crippen LogP contribution in [0.3, 0.4) is 0 Å². The highest BCUT2D eigenvalue weighted by atomic mass is 35.5. The molecule has 0 radical (unpaired) electrons. The maximum Gasteiger partial charge on any atom is 0.253 e. The standard InChI is InChI=1S/C18H14ClFN2OS/c1-11-22-17(10-24-11)13-4-2-12(3-5-13)9-21-18(23)15-7-6-14(20)8-16(15)19/h2-8,10H,9H2,1H3,(H,21,23). The Balaban J connectivity index is 1.65. The molecule has 0 aliphatic rings. The number of carbonyl (C=O) groups is 1. The summed E-state index contributed by atoms with van der Waals surface area (Å²) in [7, 11) is 0. The molecule has 1 amide bonds. The molecule has 6 heteroatoms. The Hall–Kier alpha value is -2.24. The fourth-order valence-electron chi connectivity index (χ4n) is 2.24. The average molecular weight is 361 g/mol. The van der Waals surface area contributed by atoms with Crippen LogP contribution in [0.4, 0.5) is 4.39 Å². The van der Waals surface area contributed by atoms with Gasteiger partial charge in [0.1, 0.15) is 5.82 Å². The first-order valence-corrected chi connectivity index (χ1v) is 8.53. The summed E-state index contributed by atoms with van der Waals surface area (Å²) in [5, 5.41) is 5.92. The smallest absolute Gasteiger partial charge is 0.253 e. The van der Waals surface area contributed by atoms with Crippen molar-refractivity contribution in [2.24, 2.45) is 0 Å². The van der Waals surface area contributed by atoms with E-state index in [4.69, 9.17) is 11.6 Å². The van der Waals surface area contributed by atoms with Crippen molar-refractivity contribution in [3.05, 3.63) is 74.8 Å². The summed E-state index contributed by atoms with van der Waals surface area (Å²) in [5.74, 6) is -0.802. The maximum atomic E-state index is 13.0. The van der Waals surface area contributed by atoms with Gasteiger partial charge in [-0.05, 0) is 30.7 Å². The minimum atomic E-state index is -0.468. The second-order valence-corrected chi connectivity index (χ2v) is 6.72. The molecular weight excluding hydrogens is 347 g/mol. The summed E-state index contributed by atoms with van der Waals surface area (Å²) in [5.41, 5.74) is 3.20. The van der Waals surface area contributed by atoms with Gasteiger partial charge in [0, 0.05) is 17.5 Å². The summed E-state index contributed by atoms with van der Waals surface area (Å²) < 4.78 is 13.0. The van der Waals surface area contributed by atoms with Crippen LogP contribution in [0.25, 0.3) is 11.3 Å². The zero-order chi connectivity index (χ0) is 17.1. The molecular formula is C18H14ClFN2OS. The predicted molar refractivity (Wildman–Crippen MR) is 94.9 cm³/mol. The molecule has 1 aromatic heterocycles. The van der Waals surface area contributed by atoms with Gasteiger partial charge in [-0.15, -0.1) is 11.3 Å². The van der Waals surface area contributed by atoms with E-state index in [1.807, 2.05) is 36.6 Å². The molecule has 0 fully saturated rings. The average Bonchev–Trinajstić information content (AvgIpc) is 2.99. The largest absolute Gasteiger partial charge is 0.348 e. The van der Waals surface area contributed by atoms with Crippen LogP contribution < -0.4 is 5.32 Å². The molecule has 0 spiro atoms. The molecule has 24 heavy (non-hydrogen) atoms. The Morgan fingerprint density at radius 3 is 2.62 bits per heavy atom. The van der Waals surface area contributed by atoms with Crippen LogP contribution in [0.15, 0.2) is 47.8 Å². The molecule has 1 N–H and O–H groups in total. The zero-order valence-corrected chi connectivity index (χ0v) is 14.4. The number of nitrogens with one attached hydrogen (secondary N) is 1. The molecule has 0 unspecified atom stereocenters. The number of aromatic nitrogens is 1. The van der Waals surface area contributed by atoms with E-state index in [2.05, 4.69) is 10.3 Å². The third-order valence-electron chi connectivity index (χ3n) is 3.50. The van der Waals surface area contributed by atoms with E-state index in [1.54, 1.807) is 11.3 Å². The van der Waals surface area contributed by atoms with Crippen LogP contribution in [0.1, 0.15) is 20.9 Å². The van der Waals surface area contributed by atoms with Gasteiger partial charge in [-0.2, -0.15) is 0 Å². The first-order valence-electron chi connectivity index (χ1n) is 7.27. The summed E-state index contributed by atoms with van der Waals surface area (Å²) in [6, 6.07) is 11.5. The Morgan fingerprint density at radius 2 is 2.00 bits per heavy atom. The number of thiazole rings is 1. The van der Waals surface area contributed by atoms with Crippen molar-refractivity contribution < 1.29 is 9.18 Å². The molecule has 0 aliphatic heterocycles. The van der Waals surface area contributed by atoms with Gasteiger partial charge < -0.3 is 5.32 Å². The zero-order valence-electron chi connectivity index (χ0n) is 12.8. The highest BCUT2D eigenvalue weighted by molar-refractivity contribution is 7.09. The van der Waals surface area contributed by atoms with Crippen molar-refractivity contribution in [2.45, 2.75) is 13.5 Å². The fraction of sp³-hybridized carbons (Fsp3) is 0.111. The normalized spacial score (nSPS) is 10.6. The Kier molecular flexibility index (Phi) is 4.92. The van der Waals surface area contributed by atoms with Crippen LogP contribution in [0.2, 0.25) is 5.02 Å². The lowest BCUT2D eigenvalue weighted by Gasteiger charge is -2.07. The van der Waals surface area contributed by atoms with Crippen LogP contribution in [0.5, 0.6) is 0 Å². The van der Waals surface area contributed by atoms with Gasteiger partial charge in [-0.1, -0.05) is 35.9 Å². The number of amides is 1. The molecule has 3 rings (SSSR count). The maximum absolute atomic E-state index is 13.0. The fourth-order valence-corrected chi connectivity index (χ4v) is 3.12. The van der Waals surface area contributed by atoms with Gasteiger partial charge in [0.15, 0.2) is 0 Å². The number of nitrogens with zero attached hydrogens (tertiary/aromatic N) is 1. The molecule has 0 bridgehead atoms. The molecule has 0 aliphatic carbocycles. The van der Waals surface area contributed by atoms with Crippen molar-refractivity contribution in [3.63, 3.8) is 0 Å². The van der Waals surface area contributed by atoms with Crippen LogP contribution >= 0.6 is 22.9 Å². The highest BCUT2D eigenvalue weighted by Gasteiger charge is 2.11.